The second-order valence-electron chi connectivity index (χ2n) is 1.81. The van der Waals surface area contributed by atoms with Crippen LogP contribution in [0.3, 0.4) is 0 Å². The lowest BCUT2D eigenvalue weighted by atomic mass is 10.4. The number of rotatable bonds is 2. The number of thiophene rings is 1. The van der Waals surface area contributed by atoms with Crippen LogP contribution in [0.15, 0.2) is 12.1 Å². The van der Waals surface area contributed by atoms with Gasteiger partial charge in [-0.3, -0.25) is 0 Å². The first-order valence-corrected chi connectivity index (χ1v) is 3.54. The first-order valence-electron chi connectivity index (χ1n) is 2.72. The van der Waals surface area contributed by atoms with Crippen LogP contribution >= 0.6 is 11.3 Å². The number of aromatic carboxylic acids is 1. The van der Waals surface area contributed by atoms with Crippen molar-refractivity contribution in [1.29, 1.82) is 0 Å². The van der Waals surface area contributed by atoms with E-state index in [-0.39, 0.29) is 9.75 Å². The predicted octanol–water partition coefficient (Wildman–Crippen LogP) is 2.38. The summed E-state index contributed by atoms with van der Waals surface area (Å²) in [5.41, 5.74) is 0. The molecule has 0 aliphatic rings. The zero-order valence-corrected chi connectivity index (χ0v) is 6.07. The smallest absolute Gasteiger partial charge is 0.345 e. The van der Waals surface area contributed by atoms with E-state index >= 15 is 0 Å². The maximum absolute atomic E-state index is 11.9. The molecule has 0 aliphatic heterocycles. The molecular formula is C6H4F2O2S. The van der Waals surface area contributed by atoms with Crippen molar-refractivity contribution in [3.8, 4) is 0 Å². The summed E-state index contributed by atoms with van der Waals surface area (Å²) >= 11 is 0.600. The van der Waals surface area contributed by atoms with Gasteiger partial charge in [-0.15, -0.1) is 11.3 Å². The average molecular weight is 178 g/mol. The van der Waals surface area contributed by atoms with Crippen molar-refractivity contribution in [2.45, 2.75) is 6.43 Å². The quantitative estimate of drug-likeness (QED) is 0.754. The normalized spacial score (nSPS) is 10.5. The molecule has 0 radical (unpaired) electrons. The zero-order valence-electron chi connectivity index (χ0n) is 5.25. The Balaban J connectivity index is 2.90. The highest BCUT2D eigenvalue weighted by molar-refractivity contribution is 7.13. The van der Waals surface area contributed by atoms with E-state index in [0.717, 1.165) is 6.07 Å². The Morgan fingerprint density at radius 1 is 1.55 bits per heavy atom. The van der Waals surface area contributed by atoms with Crippen LogP contribution in [-0.4, -0.2) is 11.1 Å². The van der Waals surface area contributed by atoms with Crippen molar-refractivity contribution in [1.82, 2.24) is 0 Å². The van der Waals surface area contributed by atoms with E-state index in [9.17, 15) is 13.6 Å². The van der Waals surface area contributed by atoms with Gasteiger partial charge in [0.2, 0.25) is 0 Å². The third-order valence-corrected chi connectivity index (χ3v) is 2.13. The molecule has 1 heterocycles. The minimum absolute atomic E-state index is 0.0553. The predicted molar refractivity (Wildman–Crippen MR) is 36.2 cm³/mol. The number of hydrogen-bond acceptors (Lipinski definition) is 2. The van der Waals surface area contributed by atoms with Gasteiger partial charge in [-0.2, -0.15) is 0 Å². The SMILES string of the molecule is O=C(O)c1ccc(C(F)F)s1. The van der Waals surface area contributed by atoms with Gasteiger partial charge in [-0.05, 0) is 12.1 Å². The molecule has 0 atom stereocenters. The molecule has 0 bridgehead atoms. The summed E-state index contributed by atoms with van der Waals surface area (Å²) < 4.78 is 23.7. The maximum Gasteiger partial charge on any atom is 0.345 e. The van der Waals surface area contributed by atoms with Gasteiger partial charge in [0.1, 0.15) is 4.88 Å². The number of carboxylic acids is 1. The Hall–Kier alpha value is -0.970. The molecule has 1 rings (SSSR count). The van der Waals surface area contributed by atoms with Crippen LogP contribution in [0.2, 0.25) is 0 Å². The summed E-state index contributed by atoms with van der Waals surface area (Å²) in [5, 5.41) is 8.35. The number of alkyl halides is 2. The third-order valence-electron chi connectivity index (χ3n) is 1.05. The highest BCUT2D eigenvalue weighted by atomic mass is 32.1. The first kappa shape index (κ1) is 8.13. The molecule has 2 nitrogen and oxygen atoms in total. The molecule has 0 saturated carbocycles. The Bertz CT molecular complexity index is 269. The summed E-state index contributed by atoms with van der Waals surface area (Å²) in [6, 6.07) is 2.30. The summed E-state index contributed by atoms with van der Waals surface area (Å²) in [6.07, 6.45) is -2.58. The van der Waals surface area contributed by atoms with E-state index < -0.39 is 12.4 Å². The monoisotopic (exact) mass is 178 g/mol. The summed E-state index contributed by atoms with van der Waals surface area (Å²) in [6.45, 7) is 0. The highest BCUT2D eigenvalue weighted by Crippen LogP contribution is 2.26. The number of halogens is 2. The van der Waals surface area contributed by atoms with Crippen molar-refractivity contribution >= 4 is 17.3 Å². The second-order valence-corrected chi connectivity index (χ2v) is 2.92. The van der Waals surface area contributed by atoms with Crippen molar-refractivity contribution in [2.24, 2.45) is 0 Å². The van der Waals surface area contributed by atoms with Crippen molar-refractivity contribution in [2.75, 3.05) is 0 Å². The van der Waals surface area contributed by atoms with Gasteiger partial charge in [0.15, 0.2) is 0 Å². The molecule has 5 heteroatoms. The highest BCUT2D eigenvalue weighted by Gasteiger charge is 2.13. The van der Waals surface area contributed by atoms with Crippen LogP contribution in [-0.2, 0) is 0 Å². The maximum atomic E-state index is 11.9. The van der Waals surface area contributed by atoms with Crippen LogP contribution in [0.25, 0.3) is 0 Å². The van der Waals surface area contributed by atoms with Crippen molar-refractivity contribution in [3.63, 3.8) is 0 Å². The molecule has 0 saturated heterocycles. The molecule has 0 amide bonds. The van der Waals surface area contributed by atoms with Gasteiger partial charge in [0, 0.05) is 0 Å². The standard InChI is InChI=1S/C6H4F2O2S/c7-5(8)3-1-2-4(11-3)6(9)10/h1-2,5H,(H,9,10). The van der Waals surface area contributed by atoms with Crippen LogP contribution in [0.5, 0.6) is 0 Å². The fourth-order valence-corrected chi connectivity index (χ4v) is 1.29. The molecule has 0 unspecified atom stereocenters. The average Bonchev–Trinajstić information content (AvgIpc) is 2.33. The molecule has 0 aromatic carbocycles. The van der Waals surface area contributed by atoms with E-state index in [1.165, 1.54) is 6.07 Å². The molecule has 1 aromatic rings. The fraction of sp³-hybridized carbons (Fsp3) is 0.167. The van der Waals surface area contributed by atoms with Crippen LogP contribution in [0, 0.1) is 0 Å². The minimum atomic E-state index is -2.58. The van der Waals surface area contributed by atoms with E-state index in [4.69, 9.17) is 5.11 Å². The van der Waals surface area contributed by atoms with E-state index in [1.807, 2.05) is 0 Å². The number of carboxylic acid groups (broad SMARTS) is 1. The van der Waals surface area contributed by atoms with Crippen LogP contribution in [0.4, 0.5) is 8.78 Å². The first-order chi connectivity index (χ1) is 5.11. The van der Waals surface area contributed by atoms with Gasteiger partial charge >= 0.3 is 5.97 Å². The lowest BCUT2D eigenvalue weighted by molar-refractivity contribution is 0.0702. The van der Waals surface area contributed by atoms with Crippen molar-refractivity contribution < 1.29 is 18.7 Å². The molecule has 1 aromatic heterocycles. The lowest BCUT2D eigenvalue weighted by Crippen LogP contribution is -1.89. The number of hydrogen-bond donors (Lipinski definition) is 1. The van der Waals surface area contributed by atoms with Gasteiger partial charge in [-0.1, -0.05) is 0 Å². The molecule has 1 N–H and O–H groups in total. The third kappa shape index (κ3) is 1.74. The van der Waals surface area contributed by atoms with Gasteiger partial charge < -0.3 is 5.11 Å². The summed E-state index contributed by atoms with van der Waals surface area (Å²) in [5.74, 6) is -1.16. The zero-order chi connectivity index (χ0) is 8.43. The van der Waals surface area contributed by atoms with Crippen LogP contribution < -0.4 is 0 Å². The van der Waals surface area contributed by atoms with Gasteiger partial charge in [0.05, 0.1) is 4.88 Å². The second kappa shape index (κ2) is 2.96. The lowest BCUT2D eigenvalue weighted by Gasteiger charge is -1.88. The topological polar surface area (TPSA) is 37.3 Å². The Kier molecular flexibility index (Phi) is 2.19. The molecule has 0 fully saturated rings. The Morgan fingerprint density at radius 3 is 2.45 bits per heavy atom. The van der Waals surface area contributed by atoms with Gasteiger partial charge in [-0.25, -0.2) is 13.6 Å². The Labute approximate surface area is 65.1 Å². The van der Waals surface area contributed by atoms with Crippen LogP contribution in [0.1, 0.15) is 21.0 Å². The van der Waals surface area contributed by atoms with E-state index in [0.29, 0.717) is 11.3 Å². The largest absolute Gasteiger partial charge is 0.477 e. The minimum Gasteiger partial charge on any atom is -0.477 e. The number of carbonyl (C=O) groups is 1. The molecule has 0 aliphatic carbocycles. The fourth-order valence-electron chi connectivity index (χ4n) is 0.585. The summed E-state index contributed by atoms with van der Waals surface area (Å²) in [4.78, 5) is 9.94. The van der Waals surface area contributed by atoms with E-state index in [1.54, 1.807) is 0 Å². The molecule has 60 valence electrons. The molecular weight excluding hydrogens is 174 g/mol. The molecule has 11 heavy (non-hydrogen) atoms. The van der Waals surface area contributed by atoms with Gasteiger partial charge in [0.25, 0.3) is 6.43 Å². The summed E-state index contributed by atoms with van der Waals surface area (Å²) in [7, 11) is 0. The molecule has 0 spiro atoms. The Morgan fingerprint density at radius 2 is 2.18 bits per heavy atom. The van der Waals surface area contributed by atoms with Crippen molar-refractivity contribution in [3.05, 3.63) is 21.9 Å². The van der Waals surface area contributed by atoms with E-state index in [2.05, 4.69) is 0 Å².